The van der Waals surface area contributed by atoms with Crippen molar-refractivity contribution in [2.75, 3.05) is 6.61 Å². The number of carbonyl (C=O) groups is 1. The normalized spacial score (nSPS) is 26.8. The average molecular weight is 420 g/mol. The highest BCUT2D eigenvalue weighted by Gasteiger charge is 2.52. The average Bonchev–Trinajstić information content (AvgIpc) is 3.25. The van der Waals surface area contributed by atoms with E-state index in [9.17, 15) is 9.90 Å². The Bertz CT molecular complexity index is 907. The van der Waals surface area contributed by atoms with Crippen LogP contribution < -0.4 is 0 Å². The lowest BCUT2D eigenvalue weighted by atomic mass is 9.74. The summed E-state index contributed by atoms with van der Waals surface area (Å²) < 4.78 is 5.95. The molecule has 2 bridgehead atoms. The molecule has 164 valence electrons. The van der Waals surface area contributed by atoms with E-state index >= 15 is 0 Å². The number of hydrogen-bond donors (Lipinski definition) is 1. The molecule has 1 amide bonds. The van der Waals surface area contributed by atoms with Gasteiger partial charge in [0.25, 0.3) is 0 Å². The van der Waals surface area contributed by atoms with Crippen molar-refractivity contribution in [3.8, 4) is 11.1 Å². The number of fused-ring (bicyclic) bond motifs is 5. The molecule has 2 saturated heterocycles. The van der Waals surface area contributed by atoms with Gasteiger partial charge in [0.1, 0.15) is 6.61 Å². The Labute approximate surface area is 185 Å². The van der Waals surface area contributed by atoms with Gasteiger partial charge in [-0.3, -0.25) is 0 Å². The molecule has 2 unspecified atom stereocenters. The first-order chi connectivity index (χ1) is 15.1. The maximum Gasteiger partial charge on any atom is 0.410 e. The van der Waals surface area contributed by atoms with Crippen LogP contribution in [-0.4, -0.2) is 40.4 Å². The number of hydrogen-bond acceptors (Lipinski definition) is 3. The first kappa shape index (κ1) is 20.6. The molecule has 2 aliphatic heterocycles. The fourth-order valence-corrected chi connectivity index (χ4v) is 6.61. The maximum absolute atomic E-state index is 13.2. The Morgan fingerprint density at radius 1 is 1.00 bits per heavy atom. The summed E-state index contributed by atoms with van der Waals surface area (Å²) in [6.07, 6.45) is 5.06. The molecule has 2 heterocycles. The smallest absolute Gasteiger partial charge is 0.410 e. The second-order valence-corrected chi connectivity index (χ2v) is 9.62. The molecule has 0 radical (unpaired) electrons. The Morgan fingerprint density at radius 2 is 1.52 bits per heavy atom. The second kappa shape index (κ2) is 7.98. The summed E-state index contributed by atoms with van der Waals surface area (Å²) in [5.41, 5.74) is 4.32. The van der Waals surface area contributed by atoms with E-state index in [0.29, 0.717) is 25.4 Å². The lowest BCUT2D eigenvalue weighted by Crippen LogP contribution is -2.56. The lowest BCUT2D eigenvalue weighted by molar-refractivity contribution is -0.0888. The summed E-state index contributed by atoms with van der Waals surface area (Å²) in [6.45, 7) is 4.68. The van der Waals surface area contributed by atoms with Crippen LogP contribution in [0, 0.1) is 5.92 Å². The molecule has 2 atom stereocenters. The van der Waals surface area contributed by atoms with E-state index in [-0.39, 0.29) is 24.1 Å². The van der Waals surface area contributed by atoms with Crippen molar-refractivity contribution in [1.82, 2.24) is 4.90 Å². The first-order valence-electron chi connectivity index (χ1n) is 11.9. The lowest BCUT2D eigenvalue weighted by Gasteiger charge is -2.46. The number of benzene rings is 2. The van der Waals surface area contributed by atoms with Crippen LogP contribution >= 0.6 is 0 Å². The maximum atomic E-state index is 13.2. The zero-order valence-electron chi connectivity index (χ0n) is 18.6. The molecule has 2 fully saturated rings. The van der Waals surface area contributed by atoms with Crippen LogP contribution in [-0.2, 0) is 4.74 Å². The van der Waals surface area contributed by atoms with Crippen LogP contribution in [0.5, 0.6) is 0 Å². The quantitative estimate of drug-likeness (QED) is 0.673. The van der Waals surface area contributed by atoms with E-state index in [1.165, 1.54) is 22.3 Å². The Kier molecular flexibility index (Phi) is 5.29. The van der Waals surface area contributed by atoms with Gasteiger partial charge < -0.3 is 14.7 Å². The summed E-state index contributed by atoms with van der Waals surface area (Å²) in [6, 6.07) is 17.0. The molecule has 5 rings (SSSR count). The van der Waals surface area contributed by atoms with Crippen LogP contribution in [0.2, 0.25) is 0 Å². The monoisotopic (exact) mass is 419 g/mol. The van der Waals surface area contributed by atoms with Crippen molar-refractivity contribution in [3.63, 3.8) is 0 Å². The predicted octanol–water partition coefficient (Wildman–Crippen LogP) is 5.73. The molecule has 0 aromatic heterocycles. The van der Waals surface area contributed by atoms with Gasteiger partial charge in [-0.15, -0.1) is 0 Å². The van der Waals surface area contributed by atoms with Crippen LogP contribution in [0.25, 0.3) is 11.1 Å². The predicted molar refractivity (Wildman–Crippen MR) is 122 cm³/mol. The van der Waals surface area contributed by atoms with E-state index in [0.717, 1.165) is 25.7 Å². The fourth-order valence-electron chi connectivity index (χ4n) is 6.61. The van der Waals surface area contributed by atoms with Gasteiger partial charge in [0.2, 0.25) is 0 Å². The van der Waals surface area contributed by atoms with E-state index in [4.69, 9.17) is 4.74 Å². The van der Waals surface area contributed by atoms with Crippen molar-refractivity contribution >= 4 is 6.09 Å². The Morgan fingerprint density at radius 3 is 2.03 bits per heavy atom. The number of piperidine rings is 1. The third-order valence-electron chi connectivity index (χ3n) is 8.09. The van der Waals surface area contributed by atoms with Gasteiger partial charge in [0, 0.05) is 18.0 Å². The van der Waals surface area contributed by atoms with Gasteiger partial charge in [-0.2, -0.15) is 0 Å². The highest BCUT2D eigenvalue weighted by Crippen LogP contribution is 2.47. The SMILES string of the molecule is CCC(CC)C1(O)CC2CCC(C1)N2C(=O)OCC1c2ccccc2-c2ccccc21. The molecule has 0 saturated carbocycles. The summed E-state index contributed by atoms with van der Waals surface area (Å²) >= 11 is 0. The molecule has 2 aromatic carbocycles. The highest BCUT2D eigenvalue weighted by atomic mass is 16.6. The molecule has 31 heavy (non-hydrogen) atoms. The van der Waals surface area contributed by atoms with Crippen LogP contribution in [0.3, 0.4) is 0 Å². The van der Waals surface area contributed by atoms with E-state index in [2.05, 4.69) is 62.4 Å². The molecule has 2 aromatic rings. The molecular weight excluding hydrogens is 386 g/mol. The minimum absolute atomic E-state index is 0.0836. The third-order valence-corrected chi connectivity index (χ3v) is 8.09. The van der Waals surface area contributed by atoms with Gasteiger partial charge >= 0.3 is 6.09 Å². The van der Waals surface area contributed by atoms with Crippen molar-refractivity contribution < 1.29 is 14.6 Å². The molecule has 1 N–H and O–H groups in total. The summed E-state index contributed by atoms with van der Waals surface area (Å²) in [5.74, 6) is 0.389. The topological polar surface area (TPSA) is 49.8 Å². The number of nitrogens with zero attached hydrogens (tertiary/aromatic N) is 1. The van der Waals surface area contributed by atoms with Crippen molar-refractivity contribution in [2.45, 2.75) is 76.0 Å². The van der Waals surface area contributed by atoms with E-state index in [1.54, 1.807) is 0 Å². The molecular formula is C27H33NO3. The zero-order valence-corrected chi connectivity index (χ0v) is 18.6. The Balaban J connectivity index is 1.30. The van der Waals surface area contributed by atoms with Gasteiger partial charge in [-0.1, -0.05) is 75.2 Å². The molecule has 3 aliphatic rings. The summed E-state index contributed by atoms with van der Waals surface area (Å²) in [7, 11) is 0. The van der Waals surface area contributed by atoms with Crippen LogP contribution in [0.4, 0.5) is 4.79 Å². The standard InChI is InChI=1S/C27H33NO3/c1-3-18(4-2)27(30)15-19-13-14-20(16-27)28(19)26(29)31-17-25-23-11-7-5-9-21(23)22-10-6-8-12-24(22)25/h5-12,18-20,25,30H,3-4,13-17H2,1-2H3. The van der Waals surface area contributed by atoms with Gasteiger partial charge in [0.15, 0.2) is 0 Å². The summed E-state index contributed by atoms with van der Waals surface area (Å²) in [4.78, 5) is 15.1. The molecule has 0 spiro atoms. The fraction of sp³-hybridized carbons (Fsp3) is 0.519. The Hall–Kier alpha value is -2.33. The minimum atomic E-state index is -0.643. The number of amides is 1. The highest BCUT2D eigenvalue weighted by molar-refractivity contribution is 5.79. The minimum Gasteiger partial charge on any atom is -0.448 e. The molecule has 1 aliphatic carbocycles. The number of ether oxygens (including phenoxy) is 1. The summed E-state index contributed by atoms with van der Waals surface area (Å²) in [5, 5.41) is 11.4. The molecule has 4 nitrogen and oxygen atoms in total. The van der Waals surface area contributed by atoms with Gasteiger partial charge in [-0.25, -0.2) is 4.79 Å². The number of aliphatic hydroxyl groups is 1. The van der Waals surface area contributed by atoms with Crippen molar-refractivity contribution in [3.05, 3.63) is 59.7 Å². The van der Waals surface area contributed by atoms with Crippen LogP contribution in [0.1, 0.15) is 69.4 Å². The zero-order chi connectivity index (χ0) is 21.6. The largest absolute Gasteiger partial charge is 0.448 e. The number of rotatable bonds is 5. The van der Waals surface area contributed by atoms with Crippen molar-refractivity contribution in [1.29, 1.82) is 0 Å². The second-order valence-electron chi connectivity index (χ2n) is 9.62. The third kappa shape index (κ3) is 3.36. The van der Waals surface area contributed by atoms with E-state index in [1.807, 2.05) is 4.90 Å². The first-order valence-corrected chi connectivity index (χ1v) is 11.9. The van der Waals surface area contributed by atoms with Crippen molar-refractivity contribution in [2.24, 2.45) is 5.92 Å². The van der Waals surface area contributed by atoms with Gasteiger partial charge in [0.05, 0.1) is 5.60 Å². The van der Waals surface area contributed by atoms with Crippen LogP contribution in [0.15, 0.2) is 48.5 Å². The number of carbonyl (C=O) groups excluding carboxylic acids is 1. The van der Waals surface area contributed by atoms with Gasteiger partial charge in [-0.05, 0) is 53.9 Å². The molecule has 4 heteroatoms. The van der Waals surface area contributed by atoms with E-state index < -0.39 is 5.60 Å².